The van der Waals surface area contributed by atoms with Gasteiger partial charge in [0, 0.05) is 18.8 Å². The Morgan fingerprint density at radius 1 is 0.938 bits per heavy atom. The number of hydrogen-bond donors (Lipinski definition) is 0. The second-order valence-electron chi connectivity index (χ2n) is 3.21. The summed E-state index contributed by atoms with van der Waals surface area (Å²) >= 11 is 0. The SMILES string of the molecule is CCOc1ccccc1C(OCC)OCC. The lowest BCUT2D eigenvalue weighted by molar-refractivity contribution is -0.141. The standard InChI is InChI=1S/C13H20O3/c1-4-14-12-10-8-7-9-11(12)13(15-5-2)16-6-3/h7-10,13H,4-6H2,1-3H3. The van der Waals surface area contributed by atoms with Gasteiger partial charge in [0.2, 0.25) is 0 Å². The van der Waals surface area contributed by atoms with Crippen LogP contribution in [0.2, 0.25) is 0 Å². The van der Waals surface area contributed by atoms with Gasteiger partial charge < -0.3 is 14.2 Å². The maximum atomic E-state index is 5.55. The molecule has 0 bridgehead atoms. The van der Waals surface area contributed by atoms with E-state index in [1.807, 2.05) is 45.0 Å². The van der Waals surface area contributed by atoms with Gasteiger partial charge in [0.15, 0.2) is 6.29 Å². The molecule has 0 N–H and O–H groups in total. The Morgan fingerprint density at radius 2 is 1.56 bits per heavy atom. The van der Waals surface area contributed by atoms with E-state index in [1.165, 1.54) is 0 Å². The summed E-state index contributed by atoms with van der Waals surface area (Å²) in [4.78, 5) is 0. The first-order valence-corrected chi connectivity index (χ1v) is 5.78. The Bertz CT molecular complexity index is 293. The summed E-state index contributed by atoms with van der Waals surface area (Å²) in [6, 6.07) is 7.82. The number of hydrogen-bond acceptors (Lipinski definition) is 3. The molecule has 0 aromatic heterocycles. The Labute approximate surface area is 97.3 Å². The van der Waals surface area contributed by atoms with Crippen LogP contribution >= 0.6 is 0 Å². The molecule has 1 rings (SSSR count). The third kappa shape index (κ3) is 3.51. The normalized spacial score (nSPS) is 10.8. The molecule has 90 valence electrons. The molecule has 0 atom stereocenters. The van der Waals surface area contributed by atoms with Gasteiger partial charge in [-0.3, -0.25) is 0 Å². The van der Waals surface area contributed by atoms with Crippen LogP contribution in [0.5, 0.6) is 5.75 Å². The minimum atomic E-state index is -0.335. The molecule has 3 nitrogen and oxygen atoms in total. The summed E-state index contributed by atoms with van der Waals surface area (Å²) in [5.74, 6) is 0.830. The lowest BCUT2D eigenvalue weighted by Gasteiger charge is -2.19. The first-order chi connectivity index (χ1) is 7.83. The maximum absolute atomic E-state index is 5.55. The monoisotopic (exact) mass is 224 g/mol. The maximum Gasteiger partial charge on any atom is 0.187 e. The molecule has 0 radical (unpaired) electrons. The number of ether oxygens (including phenoxy) is 3. The topological polar surface area (TPSA) is 27.7 Å². The van der Waals surface area contributed by atoms with Gasteiger partial charge in [-0.05, 0) is 26.8 Å². The molecule has 0 unspecified atom stereocenters. The van der Waals surface area contributed by atoms with E-state index in [0.717, 1.165) is 11.3 Å². The Balaban J connectivity index is 2.87. The van der Waals surface area contributed by atoms with Crippen molar-refractivity contribution in [2.24, 2.45) is 0 Å². The molecule has 0 fully saturated rings. The highest BCUT2D eigenvalue weighted by atomic mass is 16.7. The fourth-order valence-electron chi connectivity index (χ4n) is 1.49. The summed E-state index contributed by atoms with van der Waals surface area (Å²) in [5.41, 5.74) is 0.952. The molecule has 0 aliphatic rings. The van der Waals surface area contributed by atoms with E-state index >= 15 is 0 Å². The van der Waals surface area contributed by atoms with Crippen molar-refractivity contribution in [2.75, 3.05) is 19.8 Å². The molecule has 0 saturated heterocycles. The van der Waals surface area contributed by atoms with Crippen molar-refractivity contribution in [3.05, 3.63) is 29.8 Å². The minimum absolute atomic E-state index is 0.335. The van der Waals surface area contributed by atoms with Crippen molar-refractivity contribution >= 4 is 0 Å². The first kappa shape index (κ1) is 13.0. The van der Waals surface area contributed by atoms with Gasteiger partial charge in [-0.15, -0.1) is 0 Å². The molecular formula is C13H20O3. The van der Waals surface area contributed by atoms with Crippen LogP contribution in [0.1, 0.15) is 32.6 Å². The van der Waals surface area contributed by atoms with Crippen molar-refractivity contribution in [3.63, 3.8) is 0 Å². The zero-order valence-electron chi connectivity index (χ0n) is 10.2. The molecule has 0 aliphatic heterocycles. The predicted molar refractivity (Wildman–Crippen MR) is 63.6 cm³/mol. The van der Waals surface area contributed by atoms with Crippen LogP contribution in [0.3, 0.4) is 0 Å². The average molecular weight is 224 g/mol. The van der Waals surface area contributed by atoms with Gasteiger partial charge in [-0.2, -0.15) is 0 Å². The fraction of sp³-hybridized carbons (Fsp3) is 0.538. The number of benzene rings is 1. The summed E-state index contributed by atoms with van der Waals surface area (Å²) in [5, 5.41) is 0. The van der Waals surface area contributed by atoms with Gasteiger partial charge in [-0.1, -0.05) is 18.2 Å². The second-order valence-corrected chi connectivity index (χ2v) is 3.21. The molecule has 16 heavy (non-hydrogen) atoms. The highest BCUT2D eigenvalue weighted by molar-refractivity contribution is 5.34. The third-order valence-electron chi connectivity index (χ3n) is 2.11. The van der Waals surface area contributed by atoms with E-state index in [2.05, 4.69) is 0 Å². The molecule has 0 spiro atoms. The minimum Gasteiger partial charge on any atom is -0.493 e. The van der Waals surface area contributed by atoms with E-state index in [-0.39, 0.29) is 6.29 Å². The van der Waals surface area contributed by atoms with Crippen molar-refractivity contribution < 1.29 is 14.2 Å². The summed E-state index contributed by atoms with van der Waals surface area (Å²) in [6.45, 7) is 7.75. The molecule has 0 amide bonds. The van der Waals surface area contributed by atoms with Gasteiger partial charge in [0.25, 0.3) is 0 Å². The largest absolute Gasteiger partial charge is 0.493 e. The molecule has 3 heteroatoms. The average Bonchev–Trinajstić information content (AvgIpc) is 2.30. The van der Waals surface area contributed by atoms with E-state index < -0.39 is 0 Å². The van der Waals surface area contributed by atoms with Crippen LogP contribution in [-0.2, 0) is 9.47 Å². The molecule has 0 aliphatic carbocycles. The van der Waals surface area contributed by atoms with Gasteiger partial charge in [-0.25, -0.2) is 0 Å². The fourth-order valence-corrected chi connectivity index (χ4v) is 1.49. The lowest BCUT2D eigenvalue weighted by Crippen LogP contribution is -2.10. The zero-order chi connectivity index (χ0) is 11.8. The zero-order valence-corrected chi connectivity index (χ0v) is 10.2. The Morgan fingerprint density at radius 3 is 2.12 bits per heavy atom. The van der Waals surface area contributed by atoms with E-state index in [4.69, 9.17) is 14.2 Å². The first-order valence-electron chi connectivity index (χ1n) is 5.78. The number of para-hydroxylation sites is 1. The summed E-state index contributed by atoms with van der Waals surface area (Å²) in [6.07, 6.45) is -0.335. The second kappa shape index (κ2) is 7.25. The molecule has 0 heterocycles. The Kier molecular flexibility index (Phi) is 5.90. The van der Waals surface area contributed by atoms with E-state index in [0.29, 0.717) is 19.8 Å². The molecular weight excluding hydrogens is 204 g/mol. The lowest BCUT2D eigenvalue weighted by atomic mass is 10.2. The summed E-state index contributed by atoms with van der Waals surface area (Å²) in [7, 11) is 0. The summed E-state index contributed by atoms with van der Waals surface area (Å²) < 4.78 is 16.7. The van der Waals surface area contributed by atoms with E-state index in [9.17, 15) is 0 Å². The van der Waals surface area contributed by atoms with Crippen LogP contribution in [0.15, 0.2) is 24.3 Å². The van der Waals surface area contributed by atoms with Crippen molar-refractivity contribution in [1.82, 2.24) is 0 Å². The van der Waals surface area contributed by atoms with Crippen LogP contribution in [-0.4, -0.2) is 19.8 Å². The highest BCUT2D eigenvalue weighted by Gasteiger charge is 2.15. The van der Waals surface area contributed by atoms with Gasteiger partial charge in [0.1, 0.15) is 5.75 Å². The van der Waals surface area contributed by atoms with Gasteiger partial charge in [0.05, 0.1) is 6.61 Å². The molecule has 1 aromatic rings. The van der Waals surface area contributed by atoms with Crippen LogP contribution in [0.25, 0.3) is 0 Å². The predicted octanol–water partition coefficient (Wildman–Crippen LogP) is 3.16. The molecule has 0 saturated carbocycles. The quantitative estimate of drug-likeness (QED) is 0.666. The smallest absolute Gasteiger partial charge is 0.187 e. The highest BCUT2D eigenvalue weighted by Crippen LogP contribution is 2.28. The van der Waals surface area contributed by atoms with Crippen LogP contribution in [0, 0.1) is 0 Å². The number of rotatable bonds is 7. The van der Waals surface area contributed by atoms with Crippen LogP contribution < -0.4 is 4.74 Å². The van der Waals surface area contributed by atoms with Gasteiger partial charge >= 0.3 is 0 Å². The molecule has 1 aromatic carbocycles. The van der Waals surface area contributed by atoms with Crippen molar-refractivity contribution in [1.29, 1.82) is 0 Å². The van der Waals surface area contributed by atoms with Crippen molar-refractivity contribution in [2.45, 2.75) is 27.1 Å². The Hall–Kier alpha value is -1.06. The van der Waals surface area contributed by atoms with E-state index in [1.54, 1.807) is 0 Å². The van der Waals surface area contributed by atoms with Crippen LogP contribution in [0.4, 0.5) is 0 Å². The van der Waals surface area contributed by atoms with Crippen molar-refractivity contribution in [3.8, 4) is 5.75 Å². The third-order valence-corrected chi connectivity index (χ3v) is 2.11.